The van der Waals surface area contributed by atoms with E-state index in [4.69, 9.17) is 16.3 Å². The summed E-state index contributed by atoms with van der Waals surface area (Å²) in [5.41, 5.74) is 0.744. The van der Waals surface area contributed by atoms with Crippen molar-refractivity contribution in [1.82, 2.24) is 9.97 Å². The fourth-order valence-corrected chi connectivity index (χ4v) is 2.28. The Morgan fingerprint density at radius 2 is 2.19 bits per heavy atom. The molecule has 0 saturated heterocycles. The highest BCUT2D eigenvalue weighted by molar-refractivity contribution is 6.29. The highest BCUT2D eigenvalue weighted by Crippen LogP contribution is 2.42. The van der Waals surface area contributed by atoms with Crippen LogP contribution in [0, 0.1) is 0 Å². The molecule has 1 saturated carbocycles. The first-order chi connectivity index (χ1) is 7.70. The van der Waals surface area contributed by atoms with E-state index in [1.807, 2.05) is 6.07 Å². The lowest BCUT2D eigenvalue weighted by Gasteiger charge is -2.38. The second-order valence-corrected chi connectivity index (χ2v) is 4.69. The number of rotatable bonds is 4. The minimum atomic E-state index is -0.270. The molecule has 0 radical (unpaired) electrons. The van der Waals surface area contributed by atoms with Gasteiger partial charge in [-0.15, -0.1) is 0 Å². The average Bonchev–Trinajstić information content (AvgIpc) is 2.16. The van der Waals surface area contributed by atoms with E-state index < -0.39 is 0 Å². The summed E-state index contributed by atoms with van der Waals surface area (Å²) in [4.78, 5) is 8.88. The van der Waals surface area contributed by atoms with Gasteiger partial charge in [0.05, 0.1) is 0 Å². The van der Waals surface area contributed by atoms with Crippen molar-refractivity contribution in [3.63, 3.8) is 0 Å². The maximum absolute atomic E-state index is 6.02. The van der Waals surface area contributed by atoms with Crippen molar-refractivity contribution >= 4 is 11.6 Å². The van der Waals surface area contributed by atoms with Crippen molar-refractivity contribution in [3.8, 4) is 0 Å². The zero-order valence-corrected chi connectivity index (χ0v) is 10.5. The van der Waals surface area contributed by atoms with Crippen LogP contribution in [-0.4, -0.2) is 17.1 Å². The van der Waals surface area contributed by atoms with Crippen LogP contribution < -0.4 is 0 Å². The van der Waals surface area contributed by atoms with Crippen LogP contribution >= 0.6 is 11.6 Å². The lowest BCUT2D eigenvalue weighted by atomic mass is 9.79. The summed E-state index contributed by atoms with van der Waals surface area (Å²) in [5, 5.41) is 0.525. The van der Waals surface area contributed by atoms with Gasteiger partial charge in [-0.3, -0.25) is 0 Å². The van der Waals surface area contributed by atoms with Crippen LogP contribution in [0.5, 0.6) is 0 Å². The van der Waals surface area contributed by atoms with E-state index in [1.54, 1.807) is 7.11 Å². The molecule has 1 aliphatic rings. The van der Waals surface area contributed by atoms with Gasteiger partial charge in [-0.1, -0.05) is 24.9 Å². The molecule has 1 aliphatic carbocycles. The molecule has 0 amide bonds. The number of methoxy groups -OCH3 is 1. The Labute approximate surface area is 101 Å². The predicted molar refractivity (Wildman–Crippen MR) is 63.6 cm³/mol. The van der Waals surface area contributed by atoms with Gasteiger partial charge in [-0.2, -0.15) is 0 Å². The van der Waals surface area contributed by atoms with Crippen LogP contribution in [0.25, 0.3) is 0 Å². The Morgan fingerprint density at radius 3 is 2.69 bits per heavy atom. The topological polar surface area (TPSA) is 35.0 Å². The number of hydrogen-bond donors (Lipinski definition) is 0. The number of halogens is 1. The zero-order valence-electron chi connectivity index (χ0n) is 9.79. The first-order valence-corrected chi connectivity index (χ1v) is 6.17. The molecule has 88 valence electrons. The van der Waals surface area contributed by atoms with Gasteiger partial charge in [0.2, 0.25) is 0 Å². The minimum absolute atomic E-state index is 0.270. The Kier molecular flexibility index (Phi) is 3.45. The van der Waals surface area contributed by atoms with E-state index in [-0.39, 0.29) is 5.60 Å². The van der Waals surface area contributed by atoms with Crippen LogP contribution in [0.15, 0.2) is 6.07 Å². The van der Waals surface area contributed by atoms with Crippen LogP contribution in [-0.2, 0) is 16.8 Å². The van der Waals surface area contributed by atoms with Gasteiger partial charge in [0, 0.05) is 12.8 Å². The van der Waals surface area contributed by atoms with Crippen molar-refractivity contribution in [3.05, 3.63) is 22.7 Å². The van der Waals surface area contributed by atoms with Gasteiger partial charge in [0.15, 0.2) is 5.82 Å². The number of aryl methyl sites for hydroxylation is 1. The maximum atomic E-state index is 6.02. The van der Waals surface area contributed by atoms with Crippen molar-refractivity contribution in [1.29, 1.82) is 0 Å². The van der Waals surface area contributed by atoms with Crippen molar-refractivity contribution in [2.75, 3.05) is 7.11 Å². The molecule has 4 heteroatoms. The number of hydrogen-bond acceptors (Lipinski definition) is 3. The molecule has 3 nitrogen and oxygen atoms in total. The lowest BCUT2D eigenvalue weighted by molar-refractivity contribution is -0.0847. The normalized spacial score (nSPS) is 18.2. The van der Waals surface area contributed by atoms with Crippen molar-refractivity contribution in [2.45, 2.75) is 44.6 Å². The Bertz CT molecular complexity index is 372. The van der Waals surface area contributed by atoms with Gasteiger partial charge in [-0.25, -0.2) is 9.97 Å². The first-order valence-electron chi connectivity index (χ1n) is 5.79. The molecule has 0 aliphatic heterocycles. The number of nitrogens with zero attached hydrogens (tertiary/aromatic N) is 2. The highest BCUT2D eigenvalue weighted by Gasteiger charge is 2.42. The highest BCUT2D eigenvalue weighted by atomic mass is 35.5. The maximum Gasteiger partial charge on any atom is 0.162 e. The summed E-state index contributed by atoms with van der Waals surface area (Å²) in [5.74, 6) is 0.761. The van der Waals surface area contributed by atoms with Gasteiger partial charge in [0.1, 0.15) is 10.8 Å². The third kappa shape index (κ3) is 2.06. The predicted octanol–water partition coefficient (Wildman–Crippen LogP) is 3.11. The standard InChI is InChI=1S/C12H17ClN2O/c1-3-5-9-8-10(13)15-11(14-9)12(16-2)6-4-7-12/h8H,3-7H2,1-2H3. The summed E-state index contributed by atoms with van der Waals surface area (Å²) >= 11 is 6.02. The van der Waals surface area contributed by atoms with Crippen molar-refractivity contribution in [2.24, 2.45) is 0 Å². The average molecular weight is 241 g/mol. The van der Waals surface area contributed by atoms with Gasteiger partial charge < -0.3 is 4.74 Å². The third-order valence-electron chi connectivity index (χ3n) is 3.21. The van der Waals surface area contributed by atoms with Gasteiger partial charge >= 0.3 is 0 Å². The molecule has 0 atom stereocenters. The van der Waals surface area contributed by atoms with Crippen molar-refractivity contribution < 1.29 is 4.74 Å². The molecule has 0 unspecified atom stereocenters. The van der Waals surface area contributed by atoms with Crippen LogP contribution in [0.3, 0.4) is 0 Å². The molecule has 1 fully saturated rings. The molecular weight excluding hydrogens is 224 g/mol. The Hall–Kier alpha value is -0.670. The molecule has 16 heavy (non-hydrogen) atoms. The summed E-state index contributed by atoms with van der Waals surface area (Å²) in [6.45, 7) is 2.13. The summed E-state index contributed by atoms with van der Waals surface area (Å²) < 4.78 is 5.56. The largest absolute Gasteiger partial charge is 0.370 e. The molecule has 0 N–H and O–H groups in total. The number of ether oxygens (including phenoxy) is 1. The van der Waals surface area contributed by atoms with E-state index in [0.29, 0.717) is 5.15 Å². The van der Waals surface area contributed by atoms with E-state index in [9.17, 15) is 0 Å². The summed E-state index contributed by atoms with van der Waals surface area (Å²) in [7, 11) is 1.73. The molecule has 2 rings (SSSR count). The first kappa shape index (κ1) is 11.8. The van der Waals surface area contributed by atoms with Crippen LogP contribution in [0.2, 0.25) is 5.15 Å². The molecular formula is C12H17ClN2O. The fourth-order valence-electron chi connectivity index (χ4n) is 2.07. The molecule has 1 heterocycles. The number of aromatic nitrogens is 2. The molecule has 0 aromatic carbocycles. The quantitative estimate of drug-likeness (QED) is 0.759. The molecule has 0 spiro atoms. The second kappa shape index (κ2) is 4.68. The molecule has 1 aromatic rings. The second-order valence-electron chi connectivity index (χ2n) is 4.31. The SMILES string of the molecule is CCCc1cc(Cl)nc(C2(OC)CCC2)n1. The fraction of sp³-hybridized carbons (Fsp3) is 0.667. The minimum Gasteiger partial charge on any atom is -0.370 e. The zero-order chi connectivity index (χ0) is 11.6. The third-order valence-corrected chi connectivity index (χ3v) is 3.41. The molecule has 0 bridgehead atoms. The summed E-state index contributed by atoms with van der Waals surface area (Å²) in [6.07, 6.45) is 5.17. The van der Waals surface area contributed by atoms with Gasteiger partial charge in [0.25, 0.3) is 0 Å². The van der Waals surface area contributed by atoms with Gasteiger partial charge in [-0.05, 0) is 31.7 Å². The monoisotopic (exact) mass is 240 g/mol. The van der Waals surface area contributed by atoms with E-state index in [0.717, 1.165) is 37.2 Å². The van der Waals surface area contributed by atoms with E-state index in [2.05, 4.69) is 16.9 Å². The van der Waals surface area contributed by atoms with E-state index >= 15 is 0 Å². The Balaban J connectivity index is 2.32. The molecule has 1 aromatic heterocycles. The smallest absolute Gasteiger partial charge is 0.162 e. The van der Waals surface area contributed by atoms with Crippen LogP contribution in [0.4, 0.5) is 0 Å². The van der Waals surface area contributed by atoms with Crippen LogP contribution in [0.1, 0.15) is 44.1 Å². The van der Waals surface area contributed by atoms with E-state index in [1.165, 1.54) is 6.42 Å². The summed E-state index contributed by atoms with van der Waals surface area (Å²) in [6, 6.07) is 1.84. The lowest BCUT2D eigenvalue weighted by Crippen LogP contribution is -2.38. The Morgan fingerprint density at radius 1 is 1.44 bits per heavy atom.